The van der Waals surface area contributed by atoms with Crippen LogP contribution >= 0.6 is 27.5 Å². The van der Waals surface area contributed by atoms with Crippen LogP contribution in [0.25, 0.3) is 0 Å². The number of nitrogens with one attached hydrogen (secondary N) is 2. The van der Waals surface area contributed by atoms with E-state index in [1.807, 2.05) is 37.4 Å². The first-order chi connectivity index (χ1) is 12.2. The van der Waals surface area contributed by atoms with Crippen molar-refractivity contribution in [3.05, 3.63) is 57.0 Å². The lowest BCUT2D eigenvalue weighted by molar-refractivity contribution is 0.282. The standard InChI is InChI=1S/C19H24BrClN2O2/c1-22-8-5-9-23-12-14-10-16(20)19(18(11-14)24-2)25-13-15-6-3-4-7-17(15)21/h3-4,6-7,10-11,22-23H,5,8-9,12-13H2,1-2H3. The SMILES string of the molecule is CNCCCNCc1cc(Br)c(OCc2ccccc2Cl)c(OC)c1. The van der Waals surface area contributed by atoms with E-state index in [-0.39, 0.29) is 0 Å². The van der Waals surface area contributed by atoms with Crippen molar-refractivity contribution in [3.8, 4) is 11.5 Å². The van der Waals surface area contributed by atoms with Crippen molar-refractivity contribution < 1.29 is 9.47 Å². The molecule has 0 aliphatic rings. The highest BCUT2D eigenvalue weighted by Crippen LogP contribution is 2.37. The molecule has 0 saturated heterocycles. The number of hydrogen-bond donors (Lipinski definition) is 2. The molecule has 136 valence electrons. The van der Waals surface area contributed by atoms with Crippen molar-refractivity contribution in [1.82, 2.24) is 10.6 Å². The summed E-state index contributed by atoms with van der Waals surface area (Å²) in [7, 11) is 3.61. The Balaban J connectivity index is 2.02. The van der Waals surface area contributed by atoms with Crippen LogP contribution in [0, 0.1) is 0 Å². The van der Waals surface area contributed by atoms with E-state index in [0.29, 0.717) is 23.1 Å². The van der Waals surface area contributed by atoms with E-state index in [9.17, 15) is 0 Å². The van der Waals surface area contributed by atoms with Gasteiger partial charge in [-0.05, 0) is 66.3 Å². The van der Waals surface area contributed by atoms with E-state index in [2.05, 4.69) is 32.6 Å². The third kappa shape index (κ3) is 6.19. The smallest absolute Gasteiger partial charge is 0.175 e. The van der Waals surface area contributed by atoms with Crippen molar-refractivity contribution in [1.29, 1.82) is 0 Å². The van der Waals surface area contributed by atoms with Crippen molar-refractivity contribution in [2.45, 2.75) is 19.6 Å². The minimum absolute atomic E-state index is 0.385. The predicted octanol–water partition coefficient (Wildman–Crippen LogP) is 4.39. The van der Waals surface area contributed by atoms with Gasteiger partial charge in [0.1, 0.15) is 6.61 Å². The molecular formula is C19H24BrClN2O2. The van der Waals surface area contributed by atoms with Crippen molar-refractivity contribution in [2.75, 3.05) is 27.2 Å². The van der Waals surface area contributed by atoms with Crippen LogP contribution in [0.5, 0.6) is 11.5 Å². The van der Waals surface area contributed by atoms with Crippen LogP contribution in [-0.2, 0) is 13.2 Å². The number of hydrogen-bond acceptors (Lipinski definition) is 4. The normalized spacial score (nSPS) is 10.7. The first kappa shape index (κ1) is 20.0. The van der Waals surface area contributed by atoms with Gasteiger partial charge >= 0.3 is 0 Å². The molecule has 2 aromatic carbocycles. The second kappa shape index (κ2) is 10.7. The van der Waals surface area contributed by atoms with E-state index in [4.69, 9.17) is 21.1 Å². The van der Waals surface area contributed by atoms with E-state index in [1.165, 1.54) is 0 Å². The fourth-order valence-corrected chi connectivity index (χ4v) is 3.20. The molecule has 2 aromatic rings. The molecule has 25 heavy (non-hydrogen) atoms. The molecule has 0 atom stereocenters. The minimum atomic E-state index is 0.385. The Morgan fingerprint density at radius 3 is 2.68 bits per heavy atom. The zero-order chi connectivity index (χ0) is 18.1. The van der Waals surface area contributed by atoms with Gasteiger partial charge in [0.05, 0.1) is 11.6 Å². The van der Waals surface area contributed by atoms with Crippen LogP contribution in [0.15, 0.2) is 40.9 Å². The summed E-state index contributed by atoms with van der Waals surface area (Å²) in [5.41, 5.74) is 2.08. The Morgan fingerprint density at radius 2 is 1.96 bits per heavy atom. The molecule has 0 bridgehead atoms. The topological polar surface area (TPSA) is 42.5 Å². The van der Waals surface area contributed by atoms with Gasteiger partial charge in [0.2, 0.25) is 0 Å². The molecule has 0 aromatic heterocycles. The quantitative estimate of drug-likeness (QED) is 0.552. The highest BCUT2D eigenvalue weighted by Gasteiger charge is 2.12. The maximum absolute atomic E-state index is 6.19. The number of methoxy groups -OCH3 is 1. The average molecular weight is 428 g/mol. The molecule has 0 aliphatic heterocycles. The van der Waals surface area contributed by atoms with Crippen molar-refractivity contribution in [2.24, 2.45) is 0 Å². The lowest BCUT2D eigenvalue weighted by atomic mass is 10.2. The summed E-state index contributed by atoms with van der Waals surface area (Å²) in [4.78, 5) is 0. The number of halogens is 2. The second-order valence-electron chi connectivity index (χ2n) is 5.62. The van der Waals surface area contributed by atoms with Gasteiger partial charge in [-0.15, -0.1) is 0 Å². The Bertz CT molecular complexity index is 682. The average Bonchev–Trinajstić information content (AvgIpc) is 2.61. The molecule has 0 amide bonds. The molecule has 0 fully saturated rings. The second-order valence-corrected chi connectivity index (χ2v) is 6.88. The number of benzene rings is 2. The zero-order valence-corrected chi connectivity index (χ0v) is 16.9. The van der Waals surface area contributed by atoms with Crippen LogP contribution in [0.1, 0.15) is 17.5 Å². The predicted molar refractivity (Wildman–Crippen MR) is 107 cm³/mol. The van der Waals surface area contributed by atoms with Crippen LogP contribution < -0.4 is 20.1 Å². The van der Waals surface area contributed by atoms with Gasteiger partial charge in [0.15, 0.2) is 11.5 Å². The van der Waals surface area contributed by atoms with Crippen LogP contribution in [0.2, 0.25) is 5.02 Å². The van der Waals surface area contributed by atoms with Crippen LogP contribution in [0.4, 0.5) is 0 Å². The minimum Gasteiger partial charge on any atom is -0.493 e. The summed E-state index contributed by atoms with van der Waals surface area (Å²) in [5.74, 6) is 1.38. The number of rotatable bonds is 10. The van der Waals surface area contributed by atoms with Crippen molar-refractivity contribution in [3.63, 3.8) is 0 Å². The van der Waals surface area contributed by atoms with Gasteiger partial charge in [0.25, 0.3) is 0 Å². The lowest BCUT2D eigenvalue weighted by Crippen LogP contribution is -2.19. The third-order valence-electron chi connectivity index (χ3n) is 3.73. The van der Waals surface area contributed by atoms with Crippen molar-refractivity contribution >= 4 is 27.5 Å². The maximum Gasteiger partial charge on any atom is 0.175 e. The van der Waals surface area contributed by atoms with Crippen LogP contribution in [0.3, 0.4) is 0 Å². The molecule has 2 N–H and O–H groups in total. The van der Waals surface area contributed by atoms with E-state index in [0.717, 1.165) is 41.7 Å². The van der Waals surface area contributed by atoms with Gasteiger partial charge in [-0.3, -0.25) is 0 Å². The fourth-order valence-electron chi connectivity index (χ4n) is 2.40. The summed E-state index contributed by atoms with van der Waals surface area (Å²) in [6.07, 6.45) is 1.09. The van der Waals surface area contributed by atoms with Gasteiger partial charge < -0.3 is 20.1 Å². The monoisotopic (exact) mass is 426 g/mol. The largest absolute Gasteiger partial charge is 0.493 e. The van der Waals surface area contributed by atoms with Gasteiger partial charge in [-0.2, -0.15) is 0 Å². The summed E-state index contributed by atoms with van der Waals surface area (Å²) >= 11 is 9.78. The van der Waals surface area contributed by atoms with Crippen LogP contribution in [-0.4, -0.2) is 27.2 Å². The Kier molecular flexibility index (Phi) is 8.55. The summed E-state index contributed by atoms with van der Waals surface area (Å²) in [6, 6.07) is 11.7. The Morgan fingerprint density at radius 1 is 1.16 bits per heavy atom. The first-order valence-electron chi connectivity index (χ1n) is 8.23. The molecule has 4 nitrogen and oxygen atoms in total. The van der Waals surface area contributed by atoms with Gasteiger partial charge in [0, 0.05) is 17.1 Å². The summed E-state index contributed by atoms with van der Waals surface area (Å²) in [6.45, 7) is 3.14. The highest BCUT2D eigenvalue weighted by atomic mass is 79.9. The summed E-state index contributed by atoms with van der Waals surface area (Å²) in [5, 5.41) is 7.26. The molecular weight excluding hydrogens is 404 g/mol. The molecule has 0 unspecified atom stereocenters. The van der Waals surface area contributed by atoms with Gasteiger partial charge in [-0.25, -0.2) is 0 Å². The molecule has 0 radical (unpaired) electrons. The maximum atomic E-state index is 6.19. The van der Waals surface area contributed by atoms with E-state index < -0.39 is 0 Å². The molecule has 2 rings (SSSR count). The Labute approximate surface area is 163 Å². The molecule has 0 aliphatic carbocycles. The molecule has 0 saturated carbocycles. The molecule has 0 spiro atoms. The highest BCUT2D eigenvalue weighted by molar-refractivity contribution is 9.10. The fraction of sp³-hybridized carbons (Fsp3) is 0.368. The number of ether oxygens (including phenoxy) is 2. The van der Waals surface area contributed by atoms with E-state index >= 15 is 0 Å². The molecule has 0 heterocycles. The molecule has 6 heteroatoms. The zero-order valence-electron chi connectivity index (χ0n) is 14.6. The van der Waals surface area contributed by atoms with E-state index in [1.54, 1.807) is 7.11 Å². The summed E-state index contributed by atoms with van der Waals surface area (Å²) < 4.78 is 12.3. The first-order valence-corrected chi connectivity index (χ1v) is 9.40. The lowest BCUT2D eigenvalue weighted by Gasteiger charge is -2.15. The van der Waals surface area contributed by atoms with Gasteiger partial charge in [-0.1, -0.05) is 29.8 Å². The third-order valence-corrected chi connectivity index (χ3v) is 4.69. The Hall–Kier alpha value is -1.27.